The van der Waals surface area contributed by atoms with Crippen LogP contribution in [0.25, 0.3) is 10.4 Å². The Morgan fingerprint density at radius 1 is 1.36 bits per heavy atom. The van der Waals surface area contributed by atoms with Crippen LogP contribution in [0.15, 0.2) is 23.3 Å². The van der Waals surface area contributed by atoms with Gasteiger partial charge in [0.2, 0.25) is 5.91 Å². The lowest BCUT2D eigenvalue weighted by Crippen LogP contribution is -1.95. The lowest BCUT2D eigenvalue weighted by Gasteiger charge is -2.00. The van der Waals surface area contributed by atoms with Crippen LogP contribution in [0.2, 0.25) is 0 Å². The smallest absolute Gasteiger partial charge is 0.249 e. The highest BCUT2D eigenvalue weighted by molar-refractivity contribution is 5.95. The molecule has 1 aromatic carbocycles. The predicted octanol–water partition coefficient (Wildman–Crippen LogP) is 2.63. The predicted molar refractivity (Wildman–Crippen MR) is 51.9 cm³/mol. The van der Waals surface area contributed by atoms with E-state index < -0.39 is 5.91 Å². The van der Waals surface area contributed by atoms with Gasteiger partial charge in [0.05, 0.1) is 0 Å². The van der Waals surface area contributed by atoms with Crippen LogP contribution < -0.4 is 0 Å². The first-order valence-corrected chi connectivity index (χ1v) is 4.52. The number of rotatable bonds is 1. The number of azide groups is 1. The average Bonchev–Trinajstić information content (AvgIpc) is 2.64. The SMILES string of the molecule is [N-]=[N+]=NC(=O)c1ccc2c(c1)CCC2. The molecule has 1 aliphatic rings. The van der Waals surface area contributed by atoms with Gasteiger partial charge in [-0.2, -0.15) is 0 Å². The van der Waals surface area contributed by atoms with Crippen molar-refractivity contribution < 1.29 is 4.79 Å². The summed E-state index contributed by atoms with van der Waals surface area (Å²) in [6.45, 7) is 0. The first kappa shape index (κ1) is 8.78. The van der Waals surface area contributed by atoms with Crippen molar-refractivity contribution >= 4 is 5.91 Å². The van der Waals surface area contributed by atoms with E-state index >= 15 is 0 Å². The van der Waals surface area contributed by atoms with Gasteiger partial charge in [-0.25, -0.2) is 0 Å². The van der Waals surface area contributed by atoms with Gasteiger partial charge in [0.15, 0.2) is 0 Å². The van der Waals surface area contributed by atoms with E-state index in [0.717, 1.165) is 19.3 Å². The molecular weight excluding hydrogens is 178 g/mol. The third-order valence-electron chi connectivity index (χ3n) is 2.48. The van der Waals surface area contributed by atoms with E-state index in [1.807, 2.05) is 12.1 Å². The molecule has 0 saturated carbocycles. The summed E-state index contributed by atoms with van der Waals surface area (Å²) >= 11 is 0. The first-order chi connectivity index (χ1) is 6.81. The van der Waals surface area contributed by atoms with Crippen molar-refractivity contribution in [1.29, 1.82) is 0 Å². The minimum atomic E-state index is -0.498. The van der Waals surface area contributed by atoms with Crippen molar-refractivity contribution in [1.82, 2.24) is 0 Å². The summed E-state index contributed by atoms with van der Waals surface area (Å²) in [6, 6.07) is 5.50. The normalized spacial score (nSPS) is 13.1. The molecule has 1 amide bonds. The van der Waals surface area contributed by atoms with E-state index in [9.17, 15) is 4.79 Å². The summed E-state index contributed by atoms with van der Waals surface area (Å²) in [6.07, 6.45) is 3.26. The zero-order chi connectivity index (χ0) is 9.97. The van der Waals surface area contributed by atoms with E-state index in [1.165, 1.54) is 11.1 Å². The number of carbonyl (C=O) groups excluding carboxylic acids is 1. The molecular formula is C10H9N3O. The standard InChI is InChI=1S/C10H9N3O/c11-13-12-10(14)9-5-4-7-2-1-3-8(7)6-9/h4-6H,1-3H2. The Labute approximate surface area is 81.2 Å². The van der Waals surface area contributed by atoms with Crippen LogP contribution >= 0.6 is 0 Å². The fraction of sp³-hybridized carbons (Fsp3) is 0.300. The average molecular weight is 187 g/mol. The minimum Gasteiger partial charge on any atom is -0.287 e. The fourth-order valence-electron chi connectivity index (χ4n) is 1.80. The van der Waals surface area contributed by atoms with Crippen molar-refractivity contribution in [2.24, 2.45) is 5.11 Å². The van der Waals surface area contributed by atoms with E-state index in [2.05, 4.69) is 10.0 Å². The number of nitrogens with zero attached hydrogens (tertiary/aromatic N) is 3. The lowest BCUT2D eigenvalue weighted by atomic mass is 10.1. The second kappa shape index (κ2) is 3.52. The quantitative estimate of drug-likeness (QED) is 0.378. The summed E-state index contributed by atoms with van der Waals surface area (Å²) in [4.78, 5) is 13.7. The third-order valence-corrected chi connectivity index (χ3v) is 2.48. The Bertz CT molecular complexity index is 433. The Hall–Kier alpha value is -1.80. The molecule has 2 rings (SSSR count). The third kappa shape index (κ3) is 1.47. The maximum absolute atomic E-state index is 11.2. The summed E-state index contributed by atoms with van der Waals surface area (Å²) < 4.78 is 0. The first-order valence-electron chi connectivity index (χ1n) is 4.52. The molecule has 0 fully saturated rings. The van der Waals surface area contributed by atoms with Crippen LogP contribution in [0.1, 0.15) is 27.9 Å². The molecule has 1 aliphatic carbocycles. The molecule has 0 spiro atoms. The second-order valence-electron chi connectivity index (χ2n) is 3.33. The Morgan fingerprint density at radius 2 is 2.14 bits per heavy atom. The van der Waals surface area contributed by atoms with Crippen molar-refractivity contribution in [3.05, 3.63) is 45.3 Å². The Kier molecular flexibility index (Phi) is 2.21. The van der Waals surface area contributed by atoms with Crippen LogP contribution in [0.5, 0.6) is 0 Å². The second-order valence-corrected chi connectivity index (χ2v) is 3.33. The molecule has 70 valence electrons. The van der Waals surface area contributed by atoms with Gasteiger partial charge in [-0.1, -0.05) is 12.1 Å². The van der Waals surface area contributed by atoms with Gasteiger partial charge < -0.3 is 0 Å². The molecule has 0 N–H and O–H groups in total. The van der Waals surface area contributed by atoms with E-state index in [1.54, 1.807) is 6.07 Å². The molecule has 0 bridgehead atoms. The van der Waals surface area contributed by atoms with Crippen LogP contribution in [0.4, 0.5) is 0 Å². The maximum Gasteiger partial charge on any atom is 0.249 e. The number of hydrogen-bond acceptors (Lipinski definition) is 1. The summed E-state index contributed by atoms with van der Waals surface area (Å²) in [5.74, 6) is -0.498. The summed E-state index contributed by atoms with van der Waals surface area (Å²) in [5.41, 5.74) is 11.1. The molecule has 0 radical (unpaired) electrons. The molecule has 14 heavy (non-hydrogen) atoms. The van der Waals surface area contributed by atoms with Gasteiger partial charge in [-0.15, -0.1) is 0 Å². The van der Waals surface area contributed by atoms with Crippen LogP contribution in [0, 0.1) is 0 Å². The van der Waals surface area contributed by atoms with Crippen molar-refractivity contribution in [3.8, 4) is 0 Å². The van der Waals surface area contributed by atoms with Crippen LogP contribution in [-0.4, -0.2) is 5.91 Å². The number of fused-ring (bicyclic) bond motifs is 1. The van der Waals surface area contributed by atoms with Crippen molar-refractivity contribution in [3.63, 3.8) is 0 Å². The monoisotopic (exact) mass is 187 g/mol. The summed E-state index contributed by atoms with van der Waals surface area (Å²) in [5, 5.41) is 3.06. The lowest BCUT2D eigenvalue weighted by molar-refractivity contribution is 0.100. The zero-order valence-corrected chi connectivity index (χ0v) is 7.60. The highest BCUT2D eigenvalue weighted by Crippen LogP contribution is 2.23. The van der Waals surface area contributed by atoms with Crippen molar-refractivity contribution in [2.45, 2.75) is 19.3 Å². The fourth-order valence-corrected chi connectivity index (χ4v) is 1.80. The number of carbonyl (C=O) groups is 1. The highest BCUT2D eigenvalue weighted by Gasteiger charge is 2.12. The number of aryl methyl sites for hydroxylation is 2. The van der Waals surface area contributed by atoms with Crippen molar-refractivity contribution in [2.75, 3.05) is 0 Å². The number of hydrogen-bond donors (Lipinski definition) is 0. The Balaban J connectivity index is 2.37. The number of amides is 1. The minimum absolute atomic E-state index is 0.489. The molecule has 0 saturated heterocycles. The molecule has 0 aliphatic heterocycles. The molecule has 0 unspecified atom stereocenters. The van der Waals surface area contributed by atoms with E-state index in [-0.39, 0.29) is 0 Å². The van der Waals surface area contributed by atoms with Crippen LogP contribution in [-0.2, 0) is 12.8 Å². The maximum atomic E-state index is 11.2. The van der Waals surface area contributed by atoms with Gasteiger partial charge in [0.1, 0.15) is 0 Å². The van der Waals surface area contributed by atoms with Gasteiger partial charge in [0, 0.05) is 10.5 Å². The summed E-state index contributed by atoms with van der Waals surface area (Å²) in [7, 11) is 0. The zero-order valence-electron chi connectivity index (χ0n) is 7.60. The highest BCUT2D eigenvalue weighted by atomic mass is 16.1. The molecule has 0 aromatic heterocycles. The molecule has 4 heteroatoms. The van der Waals surface area contributed by atoms with Crippen LogP contribution in [0.3, 0.4) is 0 Å². The topological polar surface area (TPSA) is 65.8 Å². The van der Waals surface area contributed by atoms with Gasteiger partial charge in [-0.05, 0) is 47.1 Å². The van der Waals surface area contributed by atoms with E-state index in [4.69, 9.17) is 5.53 Å². The molecule has 1 aromatic rings. The number of benzene rings is 1. The molecule has 4 nitrogen and oxygen atoms in total. The largest absolute Gasteiger partial charge is 0.287 e. The van der Waals surface area contributed by atoms with Gasteiger partial charge in [-0.3, -0.25) is 4.79 Å². The van der Waals surface area contributed by atoms with E-state index in [0.29, 0.717) is 5.56 Å². The van der Waals surface area contributed by atoms with Gasteiger partial charge >= 0.3 is 0 Å². The molecule has 0 atom stereocenters. The Morgan fingerprint density at radius 3 is 2.93 bits per heavy atom. The molecule has 0 heterocycles. The van der Waals surface area contributed by atoms with Gasteiger partial charge in [0.25, 0.3) is 0 Å².